The molecule has 0 bridgehead atoms. The maximum atomic E-state index is 11.3. The van der Waals surface area contributed by atoms with Crippen LogP contribution in [0.15, 0.2) is 18.2 Å². The Morgan fingerprint density at radius 2 is 1.86 bits per heavy atom. The smallest absolute Gasteiger partial charge is 0.333 e. The summed E-state index contributed by atoms with van der Waals surface area (Å²) in [7, 11) is -2.67. The standard InChI is InChI=1S/C13H19Cl2NO4S/c1-3-4-8-11(20-21(16,17)18)13(19-2)12-9(14)6-5-7-10(12)15/h5-7,11,13H,3-4,8H2,1-2H3,(H2,16,17,18)/t11-,13+/m1/s1. The van der Waals surface area contributed by atoms with Crippen LogP contribution in [-0.2, 0) is 19.2 Å². The molecule has 0 aromatic heterocycles. The van der Waals surface area contributed by atoms with E-state index in [2.05, 4.69) is 0 Å². The molecule has 0 fully saturated rings. The van der Waals surface area contributed by atoms with Crippen LogP contribution >= 0.6 is 23.2 Å². The number of halogens is 2. The van der Waals surface area contributed by atoms with Gasteiger partial charge >= 0.3 is 10.3 Å². The van der Waals surface area contributed by atoms with Crippen LogP contribution in [0.1, 0.15) is 37.9 Å². The maximum absolute atomic E-state index is 11.3. The minimum absolute atomic E-state index is 0.383. The molecule has 0 saturated carbocycles. The van der Waals surface area contributed by atoms with Gasteiger partial charge in [0, 0.05) is 22.7 Å². The van der Waals surface area contributed by atoms with E-state index in [0.717, 1.165) is 12.8 Å². The molecule has 2 atom stereocenters. The van der Waals surface area contributed by atoms with Crippen LogP contribution in [0, 0.1) is 0 Å². The summed E-state index contributed by atoms with van der Waals surface area (Å²) in [5.41, 5.74) is 0.494. The summed E-state index contributed by atoms with van der Waals surface area (Å²) in [5.74, 6) is 0. The summed E-state index contributed by atoms with van der Waals surface area (Å²) in [6, 6.07) is 5.01. The highest BCUT2D eigenvalue weighted by Gasteiger charge is 2.30. The quantitative estimate of drug-likeness (QED) is 0.774. The molecule has 0 saturated heterocycles. The van der Waals surface area contributed by atoms with Crippen LogP contribution in [0.4, 0.5) is 0 Å². The molecular formula is C13H19Cl2NO4S. The number of benzene rings is 1. The zero-order valence-electron chi connectivity index (χ0n) is 11.9. The second-order valence-corrected chi connectivity index (χ2v) is 6.55. The number of rotatable bonds is 8. The first-order chi connectivity index (χ1) is 9.80. The van der Waals surface area contributed by atoms with Crippen LogP contribution < -0.4 is 5.14 Å². The normalized spacial score (nSPS) is 14.9. The van der Waals surface area contributed by atoms with Gasteiger partial charge in [0.2, 0.25) is 0 Å². The van der Waals surface area contributed by atoms with E-state index in [4.69, 9.17) is 37.3 Å². The number of unbranched alkanes of at least 4 members (excludes halogenated alkanes) is 1. The second kappa shape index (κ2) is 8.31. The summed E-state index contributed by atoms with van der Waals surface area (Å²) >= 11 is 12.3. The van der Waals surface area contributed by atoms with Crippen LogP contribution in [0.5, 0.6) is 0 Å². The van der Waals surface area contributed by atoms with Gasteiger partial charge < -0.3 is 4.74 Å². The molecule has 0 spiro atoms. The average molecular weight is 356 g/mol. The lowest BCUT2D eigenvalue weighted by Crippen LogP contribution is -2.30. The topological polar surface area (TPSA) is 78.6 Å². The van der Waals surface area contributed by atoms with E-state index in [0.29, 0.717) is 22.0 Å². The Labute approximate surface area is 135 Å². The summed E-state index contributed by atoms with van der Waals surface area (Å²) in [5, 5.41) is 5.75. The summed E-state index contributed by atoms with van der Waals surface area (Å²) in [6.07, 6.45) is 0.560. The van der Waals surface area contributed by atoms with E-state index < -0.39 is 22.5 Å². The molecule has 1 aromatic carbocycles. The molecular weight excluding hydrogens is 337 g/mol. The van der Waals surface area contributed by atoms with Crippen molar-refractivity contribution in [1.82, 2.24) is 0 Å². The third-order valence-electron chi connectivity index (χ3n) is 2.98. The number of nitrogens with two attached hydrogens (primary N) is 1. The first kappa shape index (κ1) is 18.7. The van der Waals surface area contributed by atoms with E-state index in [1.165, 1.54) is 7.11 Å². The van der Waals surface area contributed by atoms with Crippen molar-refractivity contribution in [2.75, 3.05) is 7.11 Å². The predicted molar refractivity (Wildman–Crippen MR) is 83.7 cm³/mol. The fourth-order valence-corrected chi connectivity index (χ4v) is 3.22. The molecule has 21 heavy (non-hydrogen) atoms. The third-order valence-corrected chi connectivity index (χ3v) is 4.15. The Morgan fingerprint density at radius 3 is 2.29 bits per heavy atom. The molecule has 0 aliphatic carbocycles. The molecule has 0 aliphatic heterocycles. The number of hydrogen-bond acceptors (Lipinski definition) is 4. The van der Waals surface area contributed by atoms with Crippen LogP contribution in [0.25, 0.3) is 0 Å². The first-order valence-electron chi connectivity index (χ1n) is 6.47. The summed E-state index contributed by atoms with van der Waals surface area (Å²) in [4.78, 5) is 0. The molecule has 0 aliphatic rings. The molecule has 1 rings (SSSR count). The molecule has 0 heterocycles. The lowest BCUT2D eigenvalue weighted by Gasteiger charge is -2.26. The summed E-state index contributed by atoms with van der Waals surface area (Å²) < 4.78 is 32.9. The van der Waals surface area contributed by atoms with Crippen molar-refractivity contribution in [2.45, 2.75) is 38.4 Å². The average Bonchev–Trinajstić information content (AvgIpc) is 2.38. The first-order valence-corrected chi connectivity index (χ1v) is 8.70. The van der Waals surface area contributed by atoms with E-state index >= 15 is 0 Å². The van der Waals surface area contributed by atoms with Gasteiger partial charge in [0.25, 0.3) is 0 Å². The van der Waals surface area contributed by atoms with E-state index in [1.54, 1.807) is 18.2 Å². The Hall–Kier alpha value is -0.370. The highest BCUT2D eigenvalue weighted by atomic mass is 35.5. The monoisotopic (exact) mass is 355 g/mol. The largest absolute Gasteiger partial charge is 0.374 e. The lowest BCUT2D eigenvalue weighted by atomic mass is 10.00. The molecule has 120 valence electrons. The molecule has 8 heteroatoms. The maximum Gasteiger partial charge on any atom is 0.333 e. The highest BCUT2D eigenvalue weighted by molar-refractivity contribution is 7.84. The molecule has 0 amide bonds. The highest BCUT2D eigenvalue weighted by Crippen LogP contribution is 2.36. The summed E-state index contributed by atoms with van der Waals surface area (Å²) in [6.45, 7) is 1.98. The lowest BCUT2D eigenvalue weighted by molar-refractivity contribution is -0.00117. The van der Waals surface area contributed by atoms with Gasteiger partial charge in [0.15, 0.2) is 0 Å². The van der Waals surface area contributed by atoms with E-state index in [-0.39, 0.29) is 0 Å². The number of ether oxygens (including phenoxy) is 1. The van der Waals surface area contributed by atoms with Gasteiger partial charge in [0.1, 0.15) is 12.2 Å². The Morgan fingerprint density at radius 1 is 1.29 bits per heavy atom. The number of hydrogen-bond donors (Lipinski definition) is 1. The SMILES string of the molecule is CCCC[C@@H](OS(N)(=O)=O)[C@H](OC)c1c(Cl)cccc1Cl. The van der Waals surface area contributed by atoms with Gasteiger partial charge in [-0.3, -0.25) is 4.18 Å². The van der Waals surface area contributed by atoms with Crippen molar-refractivity contribution in [1.29, 1.82) is 0 Å². The van der Waals surface area contributed by atoms with Crippen molar-refractivity contribution in [2.24, 2.45) is 5.14 Å². The number of methoxy groups -OCH3 is 1. The molecule has 5 nitrogen and oxygen atoms in total. The van der Waals surface area contributed by atoms with Crippen LogP contribution in [-0.4, -0.2) is 21.6 Å². The fourth-order valence-electron chi connectivity index (χ4n) is 2.07. The van der Waals surface area contributed by atoms with Crippen LogP contribution in [0.2, 0.25) is 10.0 Å². The van der Waals surface area contributed by atoms with Crippen molar-refractivity contribution in [3.05, 3.63) is 33.8 Å². The van der Waals surface area contributed by atoms with E-state index in [1.807, 2.05) is 6.92 Å². The van der Waals surface area contributed by atoms with Gasteiger partial charge in [-0.1, -0.05) is 49.0 Å². The molecule has 0 radical (unpaired) electrons. The fraction of sp³-hybridized carbons (Fsp3) is 0.538. The minimum Gasteiger partial charge on any atom is -0.374 e. The second-order valence-electron chi connectivity index (χ2n) is 4.56. The van der Waals surface area contributed by atoms with Gasteiger partial charge in [-0.05, 0) is 18.6 Å². The minimum atomic E-state index is -4.11. The van der Waals surface area contributed by atoms with Crippen molar-refractivity contribution < 1.29 is 17.3 Å². The van der Waals surface area contributed by atoms with Gasteiger partial charge in [-0.25, -0.2) is 5.14 Å². The van der Waals surface area contributed by atoms with Crippen molar-refractivity contribution >= 4 is 33.5 Å². The van der Waals surface area contributed by atoms with Crippen LogP contribution in [0.3, 0.4) is 0 Å². The zero-order valence-corrected chi connectivity index (χ0v) is 14.2. The van der Waals surface area contributed by atoms with E-state index in [9.17, 15) is 8.42 Å². The molecule has 0 unspecified atom stereocenters. The van der Waals surface area contributed by atoms with Gasteiger partial charge in [-0.2, -0.15) is 8.42 Å². The van der Waals surface area contributed by atoms with Crippen molar-refractivity contribution in [3.63, 3.8) is 0 Å². The van der Waals surface area contributed by atoms with Gasteiger partial charge in [-0.15, -0.1) is 0 Å². The molecule has 2 N–H and O–H groups in total. The van der Waals surface area contributed by atoms with Gasteiger partial charge in [0.05, 0.1) is 0 Å². The van der Waals surface area contributed by atoms with Crippen molar-refractivity contribution in [3.8, 4) is 0 Å². The predicted octanol–water partition coefficient (Wildman–Crippen LogP) is 3.46. The Balaban J connectivity index is 3.17. The zero-order chi connectivity index (χ0) is 16.0. The third kappa shape index (κ3) is 5.73. The Kier molecular flexibility index (Phi) is 7.39. The molecule has 1 aromatic rings. The Bertz CT molecular complexity index is 545.